The monoisotopic (exact) mass is 438 g/mol. The maximum Gasteiger partial charge on any atom is 1.00 e. The van der Waals surface area contributed by atoms with E-state index in [0.29, 0.717) is 0 Å². The quantitative estimate of drug-likeness (QED) is 0.226. The molecule has 0 heterocycles. The molecule has 3 nitrogen and oxygen atoms in total. The molecule has 0 aromatic carbocycles. The van der Waals surface area contributed by atoms with E-state index >= 15 is 0 Å². The van der Waals surface area contributed by atoms with Crippen molar-refractivity contribution in [2.24, 2.45) is 0 Å². The van der Waals surface area contributed by atoms with Crippen molar-refractivity contribution in [2.75, 3.05) is 0 Å². The summed E-state index contributed by atoms with van der Waals surface area (Å²) < 4.78 is 157. The van der Waals surface area contributed by atoms with Crippen LogP contribution in [0.15, 0.2) is 0 Å². The van der Waals surface area contributed by atoms with Gasteiger partial charge in [-0.1, -0.05) is 19.3 Å². The first-order valence-corrected chi connectivity index (χ1v) is 8.08. The number of hydrogen-bond acceptors (Lipinski definition) is 3. The van der Waals surface area contributed by atoms with Crippen LogP contribution in [0.5, 0.6) is 0 Å². The van der Waals surface area contributed by atoms with Crippen molar-refractivity contribution in [1.29, 1.82) is 0 Å². The summed E-state index contributed by atoms with van der Waals surface area (Å²) in [5, 5.41) is -6.75. The number of unbranched alkanes of at least 4 members (excludes halogenated alkanes) is 3. The average molecular weight is 438 g/mol. The number of alkyl halides is 10. The molecule has 0 fully saturated rings. The van der Waals surface area contributed by atoms with Gasteiger partial charge in [0.2, 0.25) is 0 Å². The zero-order valence-electron chi connectivity index (χ0n) is 13.2. The fourth-order valence-electron chi connectivity index (χ4n) is 1.73. The van der Waals surface area contributed by atoms with Crippen molar-refractivity contribution in [3.05, 3.63) is 0 Å². The minimum absolute atomic E-state index is 0. The van der Waals surface area contributed by atoms with Crippen molar-refractivity contribution in [3.8, 4) is 0 Å². The van der Waals surface area contributed by atoms with Crippen LogP contribution < -0.4 is 29.6 Å². The third-order valence-corrected chi connectivity index (χ3v) is 4.04. The maximum atomic E-state index is 13.3. The molecule has 0 aliphatic carbocycles. The van der Waals surface area contributed by atoms with Gasteiger partial charge >= 0.3 is 52.8 Å². The van der Waals surface area contributed by atoms with Gasteiger partial charge in [-0.2, -0.15) is 39.5 Å². The summed E-state index contributed by atoms with van der Waals surface area (Å²) in [4.78, 5) is 0. The first kappa shape index (κ1) is 28.4. The van der Waals surface area contributed by atoms with Crippen LogP contribution in [0.1, 0.15) is 38.5 Å². The predicted molar refractivity (Wildman–Crippen MR) is 63.2 cm³/mol. The number of halogens is 10. The largest absolute Gasteiger partial charge is 1.00 e. The summed E-state index contributed by atoms with van der Waals surface area (Å²) in [6.07, 6.45) is -12.6. The molecular weight excluding hydrogens is 425 g/mol. The van der Waals surface area contributed by atoms with Crippen LogP contribution in [-0.2, 0) is 10.1 Å². The molecule has 0 aromatic rings. The van der Waals surface area contributed by atoms with Gasteiger partial charge in [-0.05, 0) is 12.8 Å². The normalized spacial score (nSPS) is 15.5. The standard InChI is InChI=1S/C11H14F10O3S.Na/c12-7(5-3-1-2-4-6-8(13,14)15)9(16,17)10(18,19)11(20,21)25(22,23)24;/h7H,1-6H2,(H,22,23,24);/q;+1/p-1. The molecule has 15 heteroatoms. The number of rotatable bonds is 10. The Balaban J connectivity index is 0. The van der Waals surface area contributed by atoms with Crippen LogP contribution >= 0.6 is 0 Å². The molecule has 0 radical (unpaired) electrons. The van der Waals surface area contributed by atoms with Gasteiger partial charge in [0.1, 0.15) is 0 Å². The van der Waals surface area contributed by atoms with Crippen LogP contribution in [0.4, 0.5) is 43.9 Å². The van der Waals surface area contributed by atoms with Crippen molar-refractivity contribution in [2.45, 2.75) is 68.0 Å². The molecule has 0 N–H and O–H groups in total. The van der Waals surface area contributed by atoms with Gasteiger partial charge in [0, 0.05) is 6.42 Å². The van der Waals surface area contributed by atoms with Crippen LogP contribution in [0, 0.1) is 0 Å². The third-order valence-electron chi connectivity index (χ3n) is 3.16. The summed E-state index contributed by atoms with van der Waals surface area (Å²) in [6, 6.07) is 0. The van der Waals surface area contributed by atoms with Gasteiger partial charge in [0.25, 0.3) is 0 Å². The van der Waals surface area contributed by atoms with Gasteiger partial charge in [0.15, 0.2) is 16.3 Å². The van der Waals surface area contributed by atoms with Gasteiger partial charge in [0.05, 0.1) is 0 Å². The van der Waals surface area contributed by atoms with E-state index in [0.717, 1.165) is 0 Å². The molecule has 0 aliphatic heterocycles. The maximum absolute atomic E-state index is 13.3. The second-order valence-corrected chi connectivity index (χ2v) is 6.62. The van der Waals surface area contributed by atoms with E-state index in [2.05, 4.69) is 0 Å². The molecule has 0 saturated heterocycles. The Bertz CT molecular complexity index is 535. The van der Waals surface area contributed by atoms with Crippen molar-refractivity contribution in [1.82, 2.24) is 0 Å². The van der Waals surface area contributed by atoms with Crippen molar-refractivity contribution in [3.63, 3.8) is 0 Å². The molecular formula is C11H13F10NaO3S. The van der Waals surface area contributed by atoms with Crippen LogP contribution in [0.2, 0.25) is 0 Å². The van der Waals surface area contributed by atoms with E-state index in [1.807, 2.05) is 0 Å². The Hall–Kier alpha value is 0.210. The predicted octanol–water partition coefficient (Wildman–Crippen LogP) is 1.64. The fraction of sp³-hybridized carbons (Fsp3) is 1.00. The zero-order valence-corrected chi connectivity index (χ0v) is 16.0. The first-order valence-electron chi connectivity index (χ1n) is 6.67. The van der Waals surface area contributed by atoms with Gasteiger partial charge in [-0.3, -0.25) is 0 Å². The molecule has 0 rings (SSSR count). The summed E-state index contributed by atoms with van der Waals surface area (Å²) in [6.45, 7) is 0. The van der Waals surface area contributed by atoms with E-state index in [1.54, 1.807) is 0 Å². The molecule has 0 saturated carbocycles. The van der Waals surface area contributed by atoms with Gasteiger partial charge in [-0.25, -0.2) is 12.8 Å². The molecule has 0 amide bonds. The molecule has 1 atom stereocenters. The molecule has 152 valence electrons. The van der Waals surface area contributed by atoms with Gasteiger partial charge < -0.3 is 4.55 Å². The molecule has 0 bridgehead atoms. The minimum Gasteiger partial charge on any atom is -0.743 e. The minimum atomic E-state index is -7.21. The van der Waals surface area contributed by atoms with Crippen LogP contribution in [0.25, 0.3) is 0 Å². The zero-order chi connectivity index (χ0) is 20.3. The summed E-state index contributed by atoms with van der Waals surface area (Å²) >= 11 is 0. The Morgan fingerprint density at radius 1 is 0.808 bits per heavy atom. The molecule has 0 spiro atoms. The molecule has 26 heavy (non-hydrogen) atoms. The second-order valence-electron chi connectivity index (χ2n) is 5.20. The van der Waals surface area contributed by atoms with Crippen LogP contribution in [0.3, 0.4) is 0 Å². The molecule has 0 aliphatic rings. The third kappa shape index (κ3) is 6.99. The van der Waals surface area contributed by atoms with E-state index in [1.165, 1.54) is 0 Å². The Morgan fingerprint density at radius 2 is 1.23 bits per heavy atom. The topological polar surface area (TPSA) is 57.2 Å². The first-order chi connectivity index (χ1) is 10.9. The van der Waals surface area contributed by atoms with E-state index in [4.69, 9.17) is 0 Å². The SMILES string of the molecule is O=S(=O)([O-])C(F)(F)C(F)(F)C(F)(F)C(F)CCCCCCC(F)(F)F.[Na+]. The second kappa shape index (κ2) is 9.61. The van der Waals surface area contributed by atoms with E-state index in [-0.39, 0.29) is 42.4 Å². The fourth-order valence-corrected chi connectivity index (χ4v) is 2.18. The summed E-state index contributed by atoms with van der Waals surface area (Å²) in [5.74, 6) is -13.0. The Kier molecular flexibility index (Phi) is 10.5. The van der Waals surface area contributed by atoms with Gasteiger partial charge in [-0.15, -0.1) is 0 Å². The van der Waals surface area contributed by atoms with Crippen LogP contribution in [-0.4, -0.2) is 42.4 Å². The van der Waals surface area contributed by atoms with E-state index < -0.39 is 65.2 Å². The van der Waals surface area contributed by atoms with Crippen molar-refractivity contribution >= 4 is 10.1 Å². The molecule has 0 aromatic heterocycles. The Labute approximate surface area is 164 Å². The summed E-state index contributed by atoms with van der Waals surface area (Å²) in [7, 11) is -7.21. The van der Waals surface area contributed by atoms with Crippen molar-refractivity contribution < 1.29 is 86.4 Å². The smallest absolute Gasteiger partial charge is 0.743 e. The summed E-state index contributed by atoms with van der Waals surface area (Å²) in [5.41, 5.74) is 0. The number of hydrogen-bond donors (Lipinski definition) is 0. The average Bonchev–Trinajstić information content (AvgIpc) is 2.39. The van der Waals surface area contributed by atoms with E-state index in [9.17, 15) is 56.9 Å². The Morgan fingerprint density at radius 3 is 1.62 bits per heavy atom. The molecule has 1 unspecified atom stereocenters.